The number of carbonyl (C=O) groups is 2. The Hall–Kier alpha value is -2.31. The first-order chi connectivity index (χ1) is 13.7. The van der Waals surface area contributed by atoms with Crippen LogP contribution in [0.2, 0.25) is 0 Å². The summed E-state index contributed by atoms with van der Waals surface area (Å²) in [6.45, 7) is 2.19. The first-order valence-electron chi connectivity index (χ1n) is 8.86. The minimum absolute atomic E-state index is 0.269. The van der Waals surface area contributed by atoms with E-state index < -0.39 is 33.4 Å². The van der Waals surface area contributed by atoms with Crippen molar-refractivity contribution in [3.05, 3.63) is 53.1 Å². The van der Waals surface area contributed by atoms with Crippen molar-refractivity contribution in [3.63, 3.8) is 0 Å². The van der Waals surface area contributed by atoms with Crippen LogP contribution in [-0.2, 0) is 9.84 Å². The van der Waals surface area contributed by atoms with Gasteiger partial charge in [0.1, 0.15) is 0 Å². The molecule has 1 aliphatic heterocycles. The number of fused-ring (bicyclic) bond motifs is 1. The molecule has 0 bridgehead atoms. The second-order valence-corrected chi connectivity index (χ2v) is 9.83. The zero-order valence-electron chi connectivity index (χ0n) is 16.2. The minimum atomic E-state index is -3.52. The number of nitrogens with zero attached hydrogens (tertiary/aromatic N) is 1. The molecule has 2 aromatic carbocycles. The summed E-state index contributed by atoms with van der Waals surface area (Å²) in [6.07, 6.45) is 1.08. The molecule has 2 amide bonds. The second kappa shape index (κ2) is 8.20. The Kier molecular flexibility index (Phi) is 6.05. The number of rotatable bonds is 7. The first-order valence-corrected chi connectivity index (χ1v) is 11.9. The van der Waals surface area contributed by atoms with E-state index in [-0.39, 0.29) is 11.1 Å². The Morgan fingerprint density at radius 1 is 1.10 bits per heavy atom. The summed E-state index contributed by atoms with van der Waals surface area (Å²) < 4.78 is 35.8. The SMILES string of the molecule is CCOc1cc(C(CS(C)(=O)=O)N2C(=O)c3cccc([As])c3C2=O)ccc1OC. The Morgan fingerprint density at radius 3 is 2.41 bits per heavy atom. The molecule has 0 saturated carbocycles. The van der Waals surface area contributed by atoms with Crippen molar-refractivity contribution in [2.24, 2.45) is 0 Å². The van der Waals surface area contributed by atoms with Gasteiger partial charge in [-0.15, -0.1) is 0 Å². The predicted octanol–water partition coefficient (Wildman–Crippen LogP) is 1.27. The van der Waals surface area contributed by atoms with Crippen LogP contribution in [0.4, 0.5) is 0 Å². The average Bonchev–Trinajstić information content (AvgIpc) is 2.91. The monoisotopic (exact) mass is 477 g/mol. The van der Waals surface area contributed by atoms with Crippen molar-refractivity contribution in [1.82, 2.24) is 4.90 Å². The number of ether oxygens (including phenoxy) is 2. The van der Waals surface area contributed by atoms with Crippen LogP contribution in [0, 0.1) is 0 Å². The number of hydrogen-bond donors (Lipinski definition) is 0. The Bertz CT molecular complexity index is 1080. The van der Waals surface area contributed by atoms with Gasteiger partial charge in [-0.05, 0) is 0 Å². The first kappa shape index (κ1) is 21.4. The predicted molar refractivity (Wildman–Crippen MR) is 109 cm³/mol. The van der Waals surface area contributed by atoms with Gasteiger partial charge in [-0.3, -0.25) is 0 Å². The number of carbonyl (C=O) groups excluding carboxylic acids is 2. The summed E-state index contributed by atoms with van der Waals surface area (Å²) in [5, 5.41) is 0. The van der Waals surface area contributed by atoms with Gasteiger partial charge in [0.15, 0.2) is 0 Å². The van der Waals surface area contributed by atoms with E-state index in [2.05, 4.69) is 16.9 Å². The van der Waals surface area contributed by atoms with E-state index in [1.165, 1.54) is 7.11 Å². The number of amides is 2. The Morgan fingerprint density at radius 2 is 1.83 bits per heavy atom. The molecule has 0 spiro atoms. The fourth-order valence-corrected chi connectivity index (χ4v) is 4.89. The molecule has 1 heterocycles. The molecule has 0 saturated heterocycles. The van der Waals surface area contributed by atoms with E-state index >= 15 is 0 Å². The third-order valence-corrected chi connectivity index (χ3v) is 6.27. The van der Waals surface area contributed by atoms with Gasteiger partial charge in [0.25, 0.3) is 0 Å². The zero-order valence-corrected chi connectivity index (χ0v) is 18.9. The van der Waals surface area contributed by atoms with Gasteiger partial charge in [-0.25, -0.2) is 0 Å². The summed E-state index contributed by atoms with van der Waals surface area (Å²) in [5.74, 6) is -0.534. The molecule has 9 heteroatoms. The van der Waals surface area contributed by atoms with Crippen LogP contribution in [0.5, 0.6) is 11.5 Å². The Balaban J connectivity index is 2.13. The molecule has 2 radical (unpaired) electrons. The molecule has 0 aliphatic carbocycles. The summed E-state index contributed by atoms with van der Waals surface area (Å²) in [4.78, 5) is 27.2. The molecule has 7 nitrogen and oxygen atoms in total. The van der Waals surface area contributed by atoms with Crippen LogP contribution in [0.15, 0.2) is 36.4 Å². The van der Waals surface area contributed by atoms with Crippen LogP contribution in [0.1, 0.15) is 39.2 Å². The molecule has 0 N–H and O–H groups in total. The van der Waals surface area contributed by atoms with E-state index in [4.69, 9.17) is 9.47 Å². The third kappa shape index (κ3) is 4.19. The molecule has 1 unspecified atom stereocenters. The normalized spacial score (nSPS) is 14.7. The fourth-order valence-electron chi connectivity index (χ4n) is 3.34. The fraction of sp³-hybridized carbons (Fsp3) is 0.300. The molecule has 1 atom stereocenters. The molecule has 2 aromatic rings. The van der Waals surface area contributed by atoms with Crippen molar-refractivity contribution < 1.29 is 27.5 Å². The van der Waals surface area contributed by atoms with Crippen molar-refractivity contribution in [3.8, 4) is 11.5 Å². The maximum absolute atomic E-state index is 13.1. The van der Waals surface area contributed by atoms with E-state index in [0.717, 1.165) is 11.2 Å². The number of benzene rings is 2. The van der Waals surface area contributed by atoms with Crippen LogP contribution < -0.4 is 13.8 Å². The number of hydrogen-bond acceptors (Lipinski definition) is 6. The zero-order chi connectivity index (χ0) is 21.3. The molecule has 152 valence electrons. The quantitative estimate of drug-likeness (QED) is 0.441. The van der Waals surface area contributed by atoms with E-state index in [9.17, 15) is 18.0 Å². The maximum atomic E-state index is 13.1. The van der Waals surface area contributed by atoms with E-state index in [1.54, 1.807) is 36.4 Å². The molecule has 29 heavy (non-hydrogen) atoms. The molecule has 1 aliphatic rings. The number of sulfone groups is 1. The summed E-state index contributed by atoms with van der Waals surface area (Å²) in [5.41, 5.74) is 1.03. The summed E-state index contributed by atoms with van der Waals surface area (Å²) in [6, 6.07) is 8.88. The van der Waals surface area contributed by atoms with Crippen molar-refractivity contribution in [2.45, 2.75) is 13.0 Å². The molecule has 0 fully saturated rings. The third-order valence-electron chi connectivity index (χ3n) is 4.57. The van der Waals surface area contributed by atoms with Gasteiger partial charge in [0, 0.05) is 0 Å². The Labute approximate surface area is 178 Å². The van der Waals surface area contributed by atoms with Crippen molar-refractivity contribution in [2.75, 3.05) is 25.7 Å². The van der Waals surface area contributed by atoms with Crippen LogP contribution in [0.3, 0.4) is 0 Å². The van der Waals surface area contributed by atoms with Gasteiger partial charge in [0.2, 0.25) is 0 Å². The number of imide groups is 1. The topological polar surface area (TPSA) is 90.0 Å². The van der Waals surface area contributed by atoms with E-state index in [0.29, 0.717) is 28.0 Å². The number of methoxy groups -OCH3 is 1. The van der Waals surface area contributed by atoms with Crippen molar-refractivity contribution >= 4 is 42.9 Å². The van der Waals surface area contributed by atoms with E-state index in [1.807, 2.05) is 6.92 Å². The van der Waals surface area contributed by atoms with Crippen LogP contribution in [-0.4, -0.2) is 67.7 Å². The average molecular weight is 477 g/mol. The summed E-state index contributed by atoms with van der Waals surface area (Å²) in [7, 11) is -2.02. The molecular formula is C20H20AsNO6S. The van der Waals surface area contributed by atoms with Gasteiger partial charge >= 0.3 is 179 Å². The second-order valence-electron chi connectivity index (χ2n) is 6.63. The van der Waals surface area contributed by atoms with Gasteiger partial charge < -0.3 is 0 Å². The standard InChI is InChI=1S/C20H20AsNO6S/c1-4-28-17-10-12(8-9-16(17)27-2)15(11-29(3,25)26)22-19(23)13-6-5-7-14(21)18(13)20(22)24/h5-10,15H,4,11H2,1-3H3. The van der Waals surface area contributed by atoms with Gasteiger partial charge in [0.05, 0.1) is 0 Å². The van der Waals surface area contributed by atoms with Crippen LogP contribution in [0.25, 0.3) is 0 Å². The molecular weight excluding hydrogens is 457 g/mol. The molecule has 3 rings (SSSR count). The van der Waals surface area contributed by atoms with Crippen LogP contribution >= 0.6 is 0 Å². The van der Waals surface area contributed by atoms with Gasteiger partial charge in [-0.1, -0.05) is 0 Å². The van der Waals surface area contributed by atoms with Gasteiger partial charge in [-0.2, -0.15) is 0 Å². The molecule has 0 aromatic heterocycles. The summed E-state index contributed by atoms with van der Waals surface area (Å²) >= 11 is 2.27. The van der Waals surface area contributed by atoms with Crippen molar-refractivity contribution in [1.29, 1.82) is 0 Å².